The molecule has 0 aliphatic carbocycles. The molecule has 0 saturated heterocycles. The van der Waals surface area contributed by atoms with Crippen LogP contribution >= 0.6 is 0 Å². The highest BCUT2D eigenvalue weighted by molar-refractivity contribution is 7.88. The molecule has 0 amide bonds. The molecule has 26 heavy (non-hydrogen) atoms. The number of carbonyl (C=O) groups excluding carboxylic acids is 2. The summed E-state index contributed by atoms with van der Waals surface area (Å²) in [6.45, 7) is 3.50. The SMILES string of the molecule is CCCOC(=O)c1ccc(OS(=O)(=O)C(F)(F)F)cc1C(=O)OCCC. The minimum atomic E-state index is -5.93. The second kappa shape index (κ2) is 8.88. The molecular formula is C15H17F3O7S. The molecule has 1 rings (SSSR count). The molecule has 0 spiro atoms. The van der Waals surface area contributed by atoms with Crippen LogP contribution in [0, 0.1) is 0 Å². The van der Waals surface area contributed by atoms with Crippen LogP contribution in [0.3, 0.4) is 0 Å². The Morgan fingerprint density at radius 1 is 0.962 bits per heavy atom. The van der Waals surface area contributed by atoms with Crippen molar-refractivity contribution < 1.29 is 44.8 Å². The van der Waals surface area contributed by atoms with Crippen LogP contribution < -0.4 is 4.18 Å². The Morgan fingerprint density at radius 3 is 1.92 bits per heavy atom. The third-order valence-corrected chi connectivity index (χ3v) is 3.77. The fourth-order valence-electron chi connectivity index (χ4n) is 1.64. The van der Waals surface area contributed by atoms with Crippen LogP contribution in [0.1, 0.15) is 47.4 Å². The Hall–Kier alpha value is -2.30. The lowest BCUT2D eigenvalue weighted by Gasteiger charge is -2.13. The molecule has 0 fully saturated rings. The van der Waals surface area contributed by atoms with Gasteiger partial charge in [-0.25, -0.2) is 9.59 Å². The Labute approximate surface area is 148 Å². The van der Waals surface area contributed by atoms with E-state index in [2.05, 4.69) is 4.18 Å². The van der Waals surface area contributed by atoms with Gasteiger partial charge in [0.05, 0.1) is 24.3 Å². The van der Waals surface area contributed by atoms with E-state index in [0.29, 0.717) is 18.9 Å². The Balaban J connectivity index is 3.26. The molecular weight excluding hydrogens is 381 g/mol. The van der Waals surface area contributed by atoms with Crippen LogP contribution in [0.5, 0.6) is 5.75 Å². The van der Waals surface area contributed by atoms with Crippen molar-refractivity contribution in [2.45, 2.75) is 32.2 Å². The van der Waals surface area contributed by atoms with Crippen molar-refractivity contribution in [2.24, 2.45) is 0 Å². The lowest BCUT2D eigenvalue weighted by Crippen LogP contribution is -2.28. The van der Waals surface area contributed by atoms with Gasteiger partial charge in [-0.2, -0.15) is 21.6 Å². The van der Waals surface area contributed by atoms with E-state index in [0.717, 1.165) is 12.1 Å². The zero-order valence-electron chi connectivity index (χ0n) is 14.0. The molecule has 0 bridgehead atoms. The first kappa shape index (κ1) is 21.7. The number of esters is 2. The van der Waals surface area contributed by atoms with Crippen molar-refractivity contribution in [1.29, 1.82) is 0 Å². The number of rotatable bonds is 8. The first-order valence-electron chi connectivity index (χ1n) is 7.52. The van der Waals surface area contributed by atoms with Gasteiger partial charge in [0.25, 0.3) is 0 Å². The maximum absolute atomic E-state index is 12.4. The van der Waals surface area contributed by atoms with E-state index in [-0.39, 0.29) is 18.8 Å². The van der Waals surface area contributed by atoms with Crippen LogP contribution in [0.15, 0.2) is 18.2 Å². The smallest absolute Gasteiger partial charge is 0.462 e. The fourth-order valence-corrected chi connectivity index (χ4v) is 2.09. The molecule has 7 nitrogen and oxygen atoms in total. The molecule has 0 atom stereocenters. The number of benzene rings is 1. The molecule has 146 valence electrons. The predicted molar refractivity (Wildman–Crippen MR) is 83.2 cm³/mol. The second-order valence-electron chi connectivity index (χ2n) is 4.96. The van der Waals surface area contributed by atoms with Gasteiger partial charge in [0.15, 0.2) is 0 Å². The quantitative estimate of drug-likeness (QED) is 0.377. The highest BCUT2D eigenvalue weighted by Gasteiger charge is 2.48. The maximum Gasteiger partial charge on any atom is 0.534 e. The minimum Gasteiger partial charge on any atom is -0.462 e. The van der Waals surface area contributed by atoms with E-state index in [1.54, 1.807) is 13.8 Å². The number of hydrogen-bond donors (Lipinski definition) is 0. The number of carbonyl (C=O) groups is 2. The van der Waals surface area contributed by atoms with Gasteiger partial charge in [0.2, 0.25) is 0 Å². The van der Waals surface area contributed by atoms with Crippen molar-refractivity contribution in [1.82, 2.24) is 0 Å². The minimum absolute atomic E-state index is 0.00574. The average molecular weight is 398 g/mol. The van der Waals surface area contributed by atoms with E-state index in [1.807, 2.05) is 0 Å². The zero-order chi connectivity index (χ0) is 20.0. The van der Waals surface area contributed by atoms with Gasteiger partial charge in [-0.1, -0.05) is 13.8 Å². The molecule has 0 aromatic heterocycles. The van der Waals surface area contributed by atoms with Gasteiger partial charge in [-0.3, -0.25) is 0 Å². The van der Waals surface area contributed by atoms with Crippen molar-refractivity contribution in [3.8, 4) is 5.75 Å². The molecule has 0 unspecified atom stereocenters. The summed E-state index contributed by atoms with van der Waals surface area (Å²) in [6.07, 6.45) is 0.965. The lowest BCUT2D eigenvalue weighted by molar-refractivity contribution is -0.0500. The Morgan fingerprint density at radius 2 is 1.46 bits per heavy atom. The van der Waals surface area contributed by atoms with E-state index < -0.39 is 38.9 Å². The van der Waals surface area contributed by atoms with Crippen LogP contribution in [-0.4, -0.2) is 39.1 Å². The normalized spacial score (nSPS) is 11.7. The third-order valence-electron chi connectivity index (χ3n) is 2.79. The molecule has 11 heteroatoms. The summed E-state index contributed by atoms with van der Waals surface area (Å²) in [6, 6.07) is 2.42. The summed E-state index contributed by atoms with van der Waals surface area (Å²) in [5, 5.41) is 0. The van der Waals surface area contributed by atoms with Crippen LogP contribution in [0.4, 0.5) is 13.2 Å². The molecule has 0 N–H and O–H groups in total. The van der Waals surface area contributed by atoms with Crippen molar-refractivity contribution >= 4 is 22.1 Å². The van der Waals surface area contributed by atoms with Crippen molar-refractivity contribution in [3.63, 3.8) is 0 Å². The summed E-state index contributed by atoms with van der Waals surface area (Å²) >= 11 is 0. The number of halogens is 3. The van der Waals surface area contributed by atoms with Gasteiger partial charge in [0.1, 0.15) is 5.75 Å². The molecule has 1 aromatic carbocycles. The topological polar surface area (TPSA) is 96.0 Å². The second-order valence-corrected chi connectivity index (χ2v) is 6.50. The first-order chi connectivity index (χ1) is 12.0. The molecule has 0 heterocycles. The van der Waals surface area contributed by atoms with Crippen LogP contribution in [-0.2, 0) is 19.6 Å². The van der Waals surface area contributed by atoms with Gasteiger partial charge >= 0.3 is 27.6 Å². The third kappa shape index (κ3) is 5.61. The van der Waals surface area contributed by atoms with E-state index in [1.165, 1.54) is 0 Å². The predicted octanol–water partition coefficient (Wildman–Crippen LogP) is 3.05. The van der Waals surface area contributed by atoms with E-state index in [4.69, 9.17) is 9.47 Å². The van der Waals surface area contributed by atoms with Crippen molar-refractivity contribution in [2.75, 3.05) is 13.2 Å². The monoisotopic (exact) mass is 398 g/mol. The van der Waals surface area contributed by atoms with Crippen LogP contribution in [0.2, 0.25) is 0 Å². The highest BCUT2D eigenvalue weighted by Crippen LogP contribution is 2.28. The Kier molecular flexibility index (Phi) is 7.42. The summed E-state index contributed by atoms with van der Waals surface area (Å²) < 4.78 is 73.1. The maximum atomic E-state index is 12.4. The van der Waals surface area contributed by atoms with Gasteiger partial charge in [0, 0.05) is 0 Å². The first-order valence-corrected chi connectivity index (χ1v) is 8.93. The van der Waals surface area contributed by atoms with Crippen LogP contribution in [0.25, 0.3) is 0 Å². The van der Waals surface area contributed by atoms with Crippen molar-refractivity contribution in [3.05, 3.63) is 29.3 Å². The lowest BCUT2D eigenvalue weighted by atomic mass is 10.1. The molecule has 1 aromatic rings. The van der Waals surface area contributed by atoms with Gasteiger partial charge < -0.3 is 13.7 Å². The number of alkyl halides is 3. The number of hydrogen-bond acceptors (Lipinski definition) is 7. The molecule has 0 saturated carbocycles. The summed E-state index contributed by atoms with van der Waals surface area (Å²) in [5.41, 5.74) is -6.39. The fraction of sp³-hybridized carbons (Fsp3) is 0.467. The summed E-state index contributed by atoms with van der Waals surface area (Å²) in [5.74, 6) is -2.72. The number of ether oxygens (including phenoxy) is 2. The molecule has 0 aliphatic heterocycles. The zero-order valence-corrected chi connectivity index (χ0v) is 14.8. The van der Waals surface area contributed by atoms with Gasteiger partial charge in [-0.05, 0) is 31.0 Å². The van der Waals surface area contributed by atoms with E-state index >= 15 is 0 Å². The summed E-state index contributed by atoms with van der Waals surface area (Å²) in [7, 11) is -5.93. The van der Waals surface area contributed by atoms with E-state index in [9.17, 15) is 31.2 Å². The Bertz CT molecular complexity index is 757. The molecule has 0 aliphatic rings. The molecule has 0 radical (unpaired) electrons. The summed E-state index contributed by atoms with van der Waals surface area (Å²) in [4.78, 5) is 24.0. The standard InChI is InChI=1S/C15H17F3O7S/c1-3-7-23-13(19)11-6-5-10(25-26(21,22)15(16,17)18)9-12(11)14(20)24-8-4-2/h5-6,9H,3-4,7-8H2,1-2H3. The average Bonchev–Trinajstić information content (AvgIpc) is 2.56. The largest absolute Gasteiger partial charge is 0.534 e. The highest BCUT2D eigenvalue weighted by atomic mass is 32.2. The van der Waals surface area contributed by atoms with Gasteiger partial charge in [-0.15, -0.1) is 0 Å².